The van der Waals surface area contributed by atoms with Gasteiger partial charge in [-0.25, -0.2) is 4.79 Å². The third kappa shape index (κ3) is 4.41. The zero-order valence-corrected chi connectivity index (χ0v) is 10.8. The monoisotopic (exact) mass is 249 g/mol. The molecule has 0 bridgehead atoms. The van der Waals surface area contributed by atoms with Gasteiger partial charge in [-0.05, 0) is 31.6 Å². The number of hydrogen-bond donors (Lipinski definition) is 0. The Labute approximate surface area is 105 Å². The molecule has 1 rings (SSSR count). The molecule has 0 aromatic carbocycles. The Morgan fingerprint density at radius 2 is 2.35 bits per heavy atom. The van der Waals surface area contributed by atoms with Crippen molar-refractivity contribution in [2.24, 2.45) is 0 Å². The van der Waals surface area contributed by atoms with E-state index in [-0.39, 0.29) is 5.57 Å². The van der Waals surface area contributed by atoms with Crippen LogP contribution < -0.4 is 0 Å². The van der Waals surface area contributed by atoms with Gasteiger partial charge in [-0.3, -0.25) is 0 Å². The number of nitrogens with zero attached hydrogens (tertiary/aromatic N) is 1. The van der Waals surface area contributed by atoms with Crippen molar-refractivity contribution in [2.75, 3.05) is 6.61 Å². The van der Waals surface area contributed by atoms with Crippen LogP contribution >= 0.6 is 11.3 Å². The normalized spacial score (nSPS) is 11.0. The second kappa shape index (κ2) is 6.87. The molecule has 0 spiro atoms. The molecule has 0 radical (unpaired) electrons. The summed E-state index contributed by atoms with van der Waals surface area (Å²) in [5.74, 6) is -0.535. The molecule has 0 N–H and O–H groups in total. The summed E-state index contributed by atoms with van der Waals surface area (Å²) in [6, 6.07) is 5.72. The van der Waals surface area contributed by atoms with Gasteiger partial charge >= 0.3 is 5.97 Å². The molecule has 1 aromatic heterocycles. The number of nitriles is 1. The second-order valence-corrected chi connectivity index (χ2v) is 4.93. The number of thiophene rings is 1. The molecule has 90 valence electrons. The molecular formula is C13H15NO2S. The highest BCUT2D eigenvalue weighted by Gasteiger charge is 2.10. The van der Waals surface area contributed by atoms with Gasteiger partial charge in [-0.2, -0.15) is 5.26 Å². The fourth-order valence-corrected chi connectivity index (χ4v) is 2.02. The highest BCUT2D eigenvalue weighted by Crippen LogP contribution is 2.18. The SMILES string of the molecule is CCCCOC(=O)/C(C#N)=C\c1ccc(C)s1. The van der Waals surface area contributed by atoms with Crippen molar-refractivity contribution < 1.29 is 9.53 Å². The summed E-state index contributed by atoms with van der Waals surface area (Å²) in [6.45, 7) is 4.37. The predicted molar refractivity (Wildman–Crippen MR) is 68.5 cm³/mol. The lowest BCUT2D eigenvalue weighted by Gasteiger charge is -2.01. The number of aryl methyl sites for hydroxylation is 1. The Balaban J connectivity index is 2.68. The smallest absolute Gasteiger partial charge is 0.348 e. The van der Waals surface area contributed by atoms with E-state index in [0.717, 1.165) is 22.6 Å². The summed E-state index contributed by atoms with van der Waals surface area (Å²) in [4.78, 5) is 13.6. The minimum absolute atomic E-state index is 0.0583. The summed E-state index contributed by atoms with van der Waals surface area (Å²) >= 11 is 1.54. The minimum atomic E-state index is -0.535. The third-order valence-corrected chi connectivity index (χ3v) is 3.07. The largest absolute Gasteiger partial charge is 0.462 e. The first-order valence-corrected chi connectivity index (χ1v) is 6.34. The van der Waals surface area contributed by atoms with Crippen molar-refractivity contribution in [3.05, 3.63) is 27.5 Å². The van der Waals surface area contributed by atoms with E-state index in [9.17, 15) is 4.79 Å². The Hall–Kier alpha value is -1.60. The van der Waals surface area contributed by atoms with Crippen molar-refractivity contribution in [2.45, 2.75) is 26.7 Å². The Morgan fingerprint density at radius 1 is 1.59 bits per heavy atom. The third-order valence-electron chi connectivity index (χ3n) is 2.12. The molecule has 0 aliphatic heterocycles. The maximum atomic E-state index is 11.6. The lowest BCUT2D eigenvalue weighted by Crippen LogP contribution is -2.07. The standard InChI is InChI=1S/C13H15NO2S/c1-3-4-7-16-13(15)11(9-14)8-12-6-5-10(2)17-12/h5-6,8H,3-4,7H2,1-2H3/b11-8-. The van der Waals surface area contributed by atoms with Crippen LogP contribution in [0.2, 0.25) is 0 Å². The molecule has 1 heterocycles. The molecule has 0 saturated carbocycles. The molecule has 0 atom stereocenters. The van der Waals surface area contributed by atoms with Crippen LogP contribution in [0.25, 0.3) is 6.08 Å². The van der Waals surface area contributed by atoms with E-state index >= 15 is 0 Å². The molecule has 17 heavy (non-hydrogen) atoms. The first kappa shape index (κ1) is 13.5. The Bertz CT molecular complexity index is 454. The van der Waals surface area contributed by atoms with Gasteiger partial charge in [0, 0.05) is 9.75 Å². The van der Waals surface area contributed by atoms with Crippen LogP contribution in [0, 0.1) is 18.3 Å². The molecule has 0 aliphatic carbocycles. The quantitative estimate of drug-likeness (QED) is 0.348. The van der Waals surface area contributed by atoms with Crippen LogP contribution in [0.3, 0.4) is 0 Å². The average molecular weight is 249 g/mol. The number of unbranched alkanes of at least 4 members (excludes halogenated alkanes) is 1. The van der Waals surface area contributed by atoms with Crippen molar-refractivity contribution >= 4 is 23.4 Å². The number of esters is 1. The van der Waals surface area contributed by atoms with Crippen LogP contribution in [0.15, 0.2) is 17.7 Å². The van der Waals surface area contributed by atoms with E-state index in [2.05, 4.69) is 0 Å². The minimum Gasteiger partial charge on any atom is -0.462 e. The highest BCUT2D eigenvalue weighted by atomic mass is 32.1. The summed E-state index contributed by atoms with van der Waals surface area (Å²) in [6.07, 6.45) is 3.36. The average Bonchev–Trinajstić information content (AvgIpc) is 2.72. The second-order valence-electron chi connectivity index (χ2n) is 3.61. The highest BCUT2D eigenvalue weighted by molar-refractivity contribution is 7.12. The molecule has 3 nitrogen and oxygen atoms in total. The molecule has 0 unspecified atom stereocenters. The molecule has 0 fully saturated rings. The van der Waals surface area contributed by atoms with E-state index in [4.69, 9.17) is 10.00 Å². The Kier molecular flexibility index (Phi) is 5.44. The number of hydrogen-bond acceptors (Lipinski definition) is 4. The Morgan fingerprint density at radius 3 is 2.88 bits per heavy atom. The summed E-state index contributed by atoms with van der Waals surface area (Å²) < 4.78 is 4.99. The zero-order chi connectivity index (χ0) is 12.7. The fraction of sp³-hybridized carbons (Fsp3) is 0.385. The van der Waals surface area contributed by atoms with Gasteiger partial charge in [0.1, 0.15) is 11.6 Å². The van der Waals surface area contributed by atoms with E-state index in [0.29, 0.717) is 6.61 Å². The van der Waals surface area contributed by atoms with Crippen LogP contribution in [0.1, 0.15) is 29.5 Å². The predicted octanol–water partition coefficient (Wildman–Crippen LogP) is 3.31. The molecule has 0 saturated heterocycles. The van der Waals surface area contributed by atoms with Crippen LogP contribution in [-0.4, -0.2) is 12.6 Å². The maximum absolute atomic E-state index is 11.6. The van der Waals surface area contributed by atoms with Gasteiger partial charge in [0.25, 0.3) is 0 Å². The van der Waals surface area contributed by atoms with E-state index in [1.807, 2.05) is 32.0 Å². The van der Waals surface area contributed by atoms with E-state index in [1.165, 1.54) is 0 Å². The summed E-state index contributed by atoms with van der Waals surface area (Å²) in [5, 5.41) is 8.91. The molecule has 1 aromatic rings. The lowest BCUT2D eigenvalue weighted by atomic mass is 10.2. The van der Waals surface area contributed by atoms with E-state index < -0.39 is 5.97 Å². The number of rotatable bonds is 5. The first-order valence-electron chi connectivity index (χ1n) is 5.52. The number of ether oxygens (including phenoxy) is 1. The molecule has 0 amide bonds. The molecular weight excluding hydrogens is 234 g/mol. The summed E-state index contributed by atoms with van der Waals surface area (Å²) in [5.41, 5.74) is 0.0583. The van der Waals surface area contributed by atoms with Gasteiger partial charge in [0.05, 0.1) is 6.61 Å². The van der Waals surface area contributed by atoms with Gasteiger partial charge in [0.2, 0.25) is 0 Å². The van der Waals surface area contributed by atoms with Crippen molar-refractivity contribution in [1.82, 2.24) is 0 Å². The first-order chi connectivity index (χ1) is 8.17. The van der Waals surface area contributed by atoms with Crippen LogP contribution in [0.4, 0.5) is 0 Å². The lowest BCUT2D eigenvalue weighted by molar-refractivity contribution is -0.138. The number of carbonyl (C=O) groups excluding carboxylic acids is 1. The molecule has 4 heteroatoms. The van der Waals surface area contributed by atoms with E-state index in [1.54, 1.807) is 17.4 Å². The fourth-order valence-electron chi connectivity index (χ4n) is 1.20. The van der Waals surface area contributed by atoms with Crippen LogP contribution in [-0.2, 0) is 9.53 Å². The van der Waals surface area contributed by atoms with Crippen molar-refractivity contribution in [1.29, 1.82) is 5.26 Å². The van der Waals surface area contributed by atoms with Crippen molar-refractivity contribution in [3.8, 4) is 6.07 Å². The van der Waals surface area contributed by atoms with Crippen molar-refractivity contribution in [3.63, 3.8) is 0 Å². The van der Waals surface area contributed by atoms with Gasteiger partial charge in [-0.15, -0.1) is 11.3 Å². The molecule has 0 aliphatic rings. The van der Waals surface area contributed by atoms with Crippen LogP contribution in [0.5, 0.6) is 0 Å². The van der Waals surface area contributed by atoms with Gasteiger partial charge in [0.15, 0.2) is 0 Å². The number of carbonyl (C=O) groups is 1. The van der Waals surface area contributed by atoms with Gasteiger partial charge in [-0.1, -0.05) is 13.3 Å². The summed E-state index contributed by atoms with van der Waals surface area (Å²) in [7, 11) is 0. The zero-order valence-electron chi connectivity index (χ0n) is 10.0. The van der Waals surface area contributed by atoms with Gasteiger partial charge < -0.3 is 4.74 Å². The topological polar surface area (TPSA) is 50.1 Å². The maximum Gasteiger partial charge on any atom is 0.348 e.